The van der Waals surface area contributed by atoms with Gasteiger partial charge in [-0.3, -0.25) is 19.2 Å². The quantitative estimate of drug-likeness (QED) is 0.468. The van der Waals surface area contributed by atoms with Gasteiger partial charge in [0.2, 0.25) is 6.41 Å². The number of carbonyl (C=O) groups is 1. The van der Waals surface area contributed by atoms with Gasteiger partial charge in [-0.05, 0) is 65.9 Å². The maximum Gasteiger partial charge on any atom is 0.296 e. The first kappa shape index (κ1) is 16.5. The second-order valence-electron chi connectivity index (χ2n) is 5.36. The fourth-order valence-corrected chi connectivity index (χ4v) is 3.04. The monoisotopic (exact) mass is 433 g/mol. The number of benzene rings is 2. The van der Waals surface area contributed by atoms with E-state index in [1.165, 1.54) is 4.90 Å². The Hall–Kier alpha value is -2.35. The van der Waals surface area contributed by atoms with Crippen molar-refractivity contribution in [3.8, 4) is 5.69 Å². The van der Waals surface area contributed by atoms with Gasteiger partial charge in [0.25, 0.3) is 5.56 Å². The molecule has 1 amide bonds. The summed E-state index contributed by atoms with van der Waals surface area (Å²) in [5.41, 5.74) is 2.27. The van der Waals surface area contributed by atoms with Crippen molar-refractivity contribution in [2.75, 3.05) is 4.90 Å². The fraction of sp³-hybridized carbons (Fsp3) is 0.111. The van der Waals surface area contributed by atoms with Crippen LogP contribution in [0.25, 0.3) is 5.69 Å². The summed E-state index contributed by atoms with van der Waals surface area (Å²) < 4.78 is 4.39. The predicted octanol–water partition coefficient (Wildman–Crippen LogP) is 3.38. The summed E-state index contributed by atoms with van der Waals surface area (Å²) in [6.45, 7) is 1.83. The number of hydrogen-bond acceptors (Lipinski definition) is 2. The topological polar surface area (TPSA) is 47.2 Å². The van der Waals surface area contributed by atoms with Crippen LogP contribution in [0.5, 0.6) is 0 Å². The van der Waals surface area contributed by atoms with Crippen LogP contribution in [-0.4, -0.2) is 15.8 Å². The fourth-order valence-electron chi connectivity index (χ4n) is 2.68. The van der Waals surface area contributed by atoms with Crippen molar-refractivity contribution in [3.63, 3.8) is 0 Å². The SMILES string of the molecule is Cc1c(N(C=O)c2ccc(I)cc2)c(=O)n(-c2ccccc2)n1C. The van der Waals surface area contributed by atoms with E-state index in [1.807, 2.05) is 68.6 Å². The van der Waals surface area contributed by atoms with E-state index >= 15 is 0 Å². The smallest absolute Gasteiger partial charge is 0.283 e. The van der Waals surface area contributed by atoms with E-state index in [-0.39, 0.29) is 5.56 Å². The molecule has 0 spiro atoms. The Morgan fingerprint density at radius 2 is 1.67 bits per heavy atom. The van der Waals surface area contributed by atoms with Gasteiger partial charge in [0, 0.05) is 16.3 Å². The minimum absolute atomic E-state index is 0.230. The zero-order valence-corrected chi connectivity index (χ0v) is 15.5. The summed E-state index contributed by atoms with van der Waals surface area (Å²) >= 11 is 2.20. The lowest BCUT2D eigenvalue weighted by Gasteiger charge is -2.16. The molecule has 3 aromatic rings. The molecule has 122 valence electrons. The van der Waals surface area contributed by atoms with Crippen LogP contribution in [0.2, 0.25) is 0 Å². The molecule has 1 aromatic heterocycles. The van der Waals surface area contributed by atoms with E-state index in [1.54, 1.807) is 9.36 Å². The normalized spacial score (nSPS) is 10.6. The van der Waals surface area contributed by atoms with Crippen LogP contribution >= 0.6 is 22.6 Å². The van der Waals surface area contributed by atoms with Gasteiger partial charge < -0.3 is 0 Å². The Kier molecular flexibility index (Phi) is 4.57. The minimum Gasteiger partial charge on any atom is -0.283 e. The van der Waals surface area contributed by atoms with Crippen LogP contribution in [0.3, 0.4) is 0 Å². The van der Waals surface area contributed by atoms with Crippen molar-refractivity contribution in [3.05, 3.63) is 74.2 Å². The van der Waals surface area contributed by atoms with Crippen LogP contribution in [0, 0.1) is 10.5 Å². The van der Waals surface area contributed by atoms with Gasteiger partial charge in [-0.2, -0.15) is 0 Å². The van der Waals surface area contributed by atoms with Gasteiger partial charge in [-0.1, -0.05) is 18.2 Å². The molecule has 0 N–H and O–H groups in total. The van der Waals surface area contributed by atoms with Gasteiger partial charge in [0.15, 0.2) is 0 Å². The molecule has 0 aliphatic rings. The highest BCUT2D eigenvalue weighted by Gasteiger charge is 2.22. The Bertz CT molecular complexity index is 927. The second kappa shape index (κ2) is 6.64. The number of carbonyl (C=O) groups excluding carboxylic acids is 1. The van der Waals surface area contributed by atoms with E-state index in [0.717, 1.165) is 15.0 Å². The van der Waals surface area contributed by atoms with E-state index in [9.17, 15) is 9.59 Å². The molecule has 0 saturated heterocycles. The number of hydrogen-bond donors (Lipinski definition) is 0. The third-order valence-corrected chi connectivity index (χ3v) is 4.69. The first-order chi connectivity index (χ1) is 11.5. The molecule has 6 heteroatoms. The first-order valence-electron chi connectivity index (χ1n) is 7.38. The van der Waals surface area contributed by atoms with Crippen molar-refractivity contribution in [2.45, 2.75) is 6.92 Å². The van der Waals surface area contributed by atoms with E-state index in [2.05, 4.69) is 22.6 Å². The first-order valence-corrected chi connectivity index (χ1v) is 8.46. The van der Waals surface area contributed by atoms with Crippen LogP contribution < -0.4 is 10.5 Å². The summed E-state index contributed by atoms with van der Waals surface area (Å²) in [6, 6.07) is 16.8. The number of anilines is 2. The zero-order valence-electron chi connectivity index (χ0n) is 13.3. The maximum absolute atomic E-state index is 13.0. The van der Waals surface area contributed by atoms with Gasteiger partial charge in [-0.15, -0.1) is 0 Å². The van der Waals surface area contributed by atoms with Crippen molar-refractivity contribution in [1.82, 2.24) is 9.36 Å². The van der Waals surface area contributed by atoms with Gasteiger partial charge >= 0.3 is 0 Å². The van der Waals surface area contributed by atoms with E-state index in [4.69, 9.17) is 0 Å². The predicted molar refractivity (Wildman–Crippen MR) is 103 cm³/mol. The molecule has 0 aliphatic heterocycles. The highest BCUT2D eigenvalue weighted by molar-refractivity contribution is 14.1. The number of aromatic nitrogens is 2. The van der Waals surface area contributed by atoms with Gasteiger partial charge in [0.05, 0.1) is 11.4 Å². The number of nitrogens with zero attached hydrogens (tertiary/aromatic N) is 3. The Balaban J connectivity index is 2.20. The molecule has 3 rings (SSSR count). The lowest BCUT2D eigenvalue weighted by atomic mass is 10.2. The molecule has 0 aliphatic carbocycles. The Morgan fingerprint density at radius 3 is 2.25 bits per heavy atom. The van der Waals surface area contributed by atoms with E-state index in [0.29, 0.717) is 17.8 Å². The molecular weight excluding hydrogens is 417 g/mol. The Morgan fingerprint density at radius 1 is 1.04 bits per heavy atom. The largest absolute Gasteiger partial charge is 0.296 e. The third-order valence-electron chi connectivity index (χ3n) is 3.97. The van der Waals surface area contributed by atoms with Gasteiger partial charge in [0.1, 0.15) is 5.69 Å². The summed E-state index contributed by atoms with van der Waals surface area (Å²) in [5, 5.41) is 0. The Labute approximate surface area is 153 Å². The number of para-hydroxylation sites is 1. The average Bonchev–Trinajstić information content (AvgIpc) is 2.81. The molecular formula is C18H16IN3O2. The summed E-state index contributed by atoms with van der Waals surface area (Å²) in [6.07, 6.45) is 0.682. The number of rotatable bonds is 4. The van der Waals surface area contributed by atoms with Crippen molar-refractivity contribution in [1.29, 1.82) is 0 Å². The van der Waals surface area contributed by atoms with Crippen LogP contribution in [0.1, 0.15) is 5.69 Å². The number of halogens is 1. The molecule has 0 saturated carbocycles. The summed E-state index contributed by atoms with van der Waals surface area (Å²) in [4.78, 5) is 26.1. The molecule has 0 fully saturated rings. The zero-order chi connectivity index (χ0) is 17.3. The lowest BCUT2D eigenvalue weighted by molar-refractivity contribution is -0.106. The molecule has 1 heterocycles. The van der Waals surface area contributed by atoms with Crippen molar-refractivity contribution in [2.24, 2.45) is 7.05 Å². The highest BCUT2D eigenvalue weighted by Crippen LogP contribution is 2.25. The molecule has 2 aromatic carbocycles. The van der Waals surface area contributed by atoms with E-state index < -0.39 is 0 Å². The molecule has 0 unspecified atom stereocenters. The molecule has 0 atom stereocenters. The molecule has 0 bridgehead atoms. The summed E-state index contributed by atoms with van der Waals surface area (Å²) in [7, 11) is 1.81. The van der Waals surface area contributed by atoms with Crippen LogP contribution in [0.15, 0.2) is 59.4 Å². The number of amides is 1. The third kappa shape index (κ3) is 2.77. The van der Waals surface area contributed by atoms with Crippen LogP contribution in [0.4, 0.5) is 11.4 Å². The van der Waals surface area contributed by atoms with Crippen molar-refractivity contribution < 1.29 is 4.79 Å². The maximum atomic E-state index is 13.0. The molecule has 5 nitrogen and oxygen atoms in total. The molecule has 0 radical (unpaired) electrons. The summed E-state index contributed by atoms with van der Waals surface area (Å²) in [5.74, 6) is 0. The lowest BCUT2D eigenvalue weighted by Crippen LogP contribution is -2.25. The van der Waals surface area contributed by atoms with Gasteiger partial charge in [-0.25, -0.2) is 4.68 Å². The molecule has 24 heavy (non-hydrogen) atoms. The standard InChI is InChI=1S/C18H16IN3O2/c1-13-17(21(12-23)15-10-8-14(19)9-11-15)18(24)22(20(13)2)16-6-4-3-5-7-16/h3-12H,1-2H3. The van der Waals surface area contributed by atoms with Crippen molar-refractivity contribution >= 4 is 40.4 Å². The second-order valence-corrected chi connectivity index (χ2v) is 6.61. The van der Waals surface area contributed by atoms with Crippen LogP contribution in [-0.2, 0) is 11.8 Å². The average molecular weight is 433 g/mol. The minimum atomic E-state index is -0.230. The highest BCUT2D eigenvalue weighted by atomic mass is 127.